The normalized spacial score (nSPS) is 10.5. The van der Waals surface area contributed by atoms with Crippen molar-refractivity contribution in [3.05, 3.63) is 50.1 Å². The molecule has 19 heavy (non-hydrogen) atoms. The number of rotatable bonds is 4. The van der Waals surface area contributed by atoms with Gasteiger partial charge in [-0.15, -0.1) is 11.3 Å². The molecular weight excluding hydrogens is 340 g/mol. The van der Waals surface area contributed by atoms with Crippen LogP contribution in [0.5, 0.6) is 0 Å². The Balaban J connectivity index is 2.17. The predicted octanol–water partition coefficient (Wildman–Crippen LogP) is 4.10. The summed E-state index contributed by atoms with van der Waals surface area (Å²) in [5, 5.41) is 13.3. The first kappa shape index (κ1) is 14.0. The van der Waals surface area contributed by atoms with Crippen molar-refractivity contribution in [2.75, 3.05) is 5.32 Å². The lowest BCUT2D eigenvalue weighted by Crippen LogP contribution is -2.05. The standard InChI is InChI=1S/C12H8BrF2NO2S/c13-7-3-10(9(15)4-8(7)14)16-5-6-1-2-19-11(6)12(17)18/h1-4,16H,5H2,(H,17,18). The van der Waals surface area contributed by atoms with Crippen LogP contribution in [-0.2, 0) is 6.54 Å². The molecule has 0 bridgehead atoms. The van der Waals surface area contributed by atoms with E-state index in [0.29, 0.717) is 5.56 Å². The number of anilines is 1. The van der Waals surface area contributed by atoms with Crippen molar-refractivity contribution < 1.29 is 18.7 Å². The van der Waals surface area contributed by atoms with Crippen LogP contribution >= 0.6 is 27.3 Å². The molecule has 1 heterocycles. The van der Waals surface area contributed by atoms with Crippen LogP contribution < -0.4 is 5.32 Å². The summed E-state index contributed by atoms with van der Waals surface area (Å²) in [5.74, 6) is -2.44. The van der Waals surface area contributed by atoms with E-state index in [9.17, 15) is 13.6 Å². The molecule has 2 N–H and O–H groups in total. The molecular formula is C12H8BrF2NO2S. The van der Waals surface area contributed by atoms with Crippen LogP contribution in [0.15, 0.2) is 28.1 Å². The maximum atomic E-state index is 13.5. The third kappa shape index (κ3) is 3.10. The van der Waals surface area contributed by atoms with Crippen molar-refractivity contribution in [1.82, 2.24) is 0 Å². The van der Waals surface area contributed by atoms with Gasteiger partial charge in [0.25, 0.3) is 0 Å². The van der Waals surface area contributed by atoms with Gasteiger partial charge in [0, 0.05) is 12.6 Å². The van der Waals surface area contributed by atoms with Gasteiger partial charge in [0.05, 0.1) is 10.2 Å². The topological polar surface area (TPSA) is 49.3 Å². The molecule has 7 heteroatoms. The average molecular weight is 348 g/mol. The molecule has 3 nitrogen and oxygen atoms in total. The Bertz CT molecular complexity index is 630. The van der Waals surface area contributed by atoms with Crippen molar-refractivity contribution in [3.8, 4) is 0 Å². The van der Waals surface area contributed by atoms with Crippen LogP contribution in [0.25, 0.3) is 0 Å². The molecule has 0 saturated heterocycles. The monoisotopic (exact) mass is 347 g/mol. The van der Waals surface area contributed by atoms with Crippen molar-refractivity contribution in [2.45, 2.75) is 6.54 Å². The van der Waals surface area contributed by atoms with Gasteiger partial charge in [-0.3, -0.25) is 0 Å². The van der Waals surface area contributed by atoms with E-state index >= 15 is 0 Å². The highest BCUT2D eigenvalue weighted by molar-refractivity contribution is 9.10. The Labute approximate surface area is 120 Å². The number of halogens is 3. The molecule has 0 spiro atoms. The highest BCUT2D eigenvalue weighted by Gasteiger charge is 2.13. The SMILES string of the molecule is O=C(O)c1sccc1CNc1cc(Br)c(F)cc1F. The zero-order valence-corrected chi connectivity index (χ0v) is 11.8. The van der Waals surface area contributed by atoms with Crippen LogP contribution in [0.1, 0.15) is 15.2 Å². The molecule has 2 rings (SSSR count). The first-order valence-corrected chi connectivity index (χ1v) is 6.84. The van der Waals surface area contributed by atoms with Crippen molar-refractivity contribution in [3.63, 3.8) is 0 Å². The fourth-order valence-corrected chi connectivity index (χ4v) is 2.62. The summed E-state index contributed by atoms with van der Waals surface area (Å²) in [5.41, 5.74) is 0.660. The van der Waals surface area contributed by atoms with Crippen molar-refractivity contribution >= 4 is 38.9 Å². The summed E-state index contributed by atoms with van der Waals surface area (Å²) >= 11 is 4.06. The fourth-order valence-electron chi connectivity index (χ4n) is 1.51. The smallest absolute Gasteiger partial charge is 0.346 e. The predicted molar refractivity (Wildman–Crippen MR) is 72.7 cm³/mol. The Morgan fingerprint density at radius 1 is 1.37 bits per heavy atom. The molecule has 0 atom stereocenters. The zero-order valence-electron chi connectivity index (χ0n) is 9.41. The van der Waals surface area contributed by atoms with Crippen LogP contribution in [0.4, 0.5) is 14.5 Å². The largest absolute Gasteiger partial charge is 0.477 e. The van der Waals surface area contributed by atoms with E-state index in [4.69, 9.17) is 5.11 Å². The summed E-state index contributed by atoms with van der Waals surface area (Å²) in [6.07, 6.45) is 0. The summed E-state index contributed by atoms with van der Waals surface area (Å²) in [6.45, 7) is 0.153. The first-order valence-electron chi connectivity index (χ1n) is 5.17. The number of benzene rings is 1. The lowest BCUT2D eigenvalue weighted by Gasteiger charge is -2.08. The third-order valence-electron chi connectivity index (χ3n) is 2.42. The van der Waals surface area contributed by atoms with E-state index in [1.165, 1.54) is 6.07 Å². The van der Waals surface area contributed by atoms with E-state index in [1.54, 1.807) is 11.4 Å². The first-order chi connectivity index (χ1) is 8.99. The summed E-state index contributed by atoms with van der Waals surface area (Å²) < 4.78 is 26.7. The molecule has 0 aliphatic rings. The van der Waals surface area contributed by atoms with Gasteiger partial charge in [-0.1, -0.05) is 0 Å². The molecule has 100 valence electrons. The van der Waals surface area contributed by atoms with Gasteiger partial charge in [-0.2, -0.15) is 0 Å². The third-order valence-corrected chi connectivity index (χ3v) is 3.97. The van der Waals surface area contributed by atoms with Gasteiger partial charge >= 0.3 is 5.97 Å². The number of aromatic carboxylic acids is 1. The van der Waals surface area contributed by atoms with Gasteiger partial charge in [0.2, 0.25) is 0 Å². The molecule has 0 aliphatic heterocycles. The molecule has 0 saturated carbocycles. The maximum Gasteiger partial charge on any atom is 0.346 e. The second kappa shape index (κ2) is 5.66. The van der Waals surface area contributed by atoms with Crippen LogP contribution in [-0.4, -0.2) is 11.1 Å². The Hall–Kier alpha value is -1.47. The van der Waals surface area contributed by atoms with Crippen LogP contribution in [0, 0.1) is 11.6 Å². The second-order valence-electron chi connectivity index (χ2n) is 3.68. The Kier molecular flexibility index (Phi) is 4.16. The minimum atomic E-state index is -1.02. The number of hydrogen-bond donors (Lipinski definition) is 2. The summed E-state index contributed by atoms with van der Waals surface area (Å²) in [4.78, 5) is 11.1. The van der Waals surface area contributed by atoms with Gasteiger partial charge in [0.1, 0.15) is 16.5 Å². The number of nitrogens with one attached hydrogen (secondary N) is 1. The van der Waals surface area contributed by atoms with Gasteiger partial charge in [-0.25, -0.2) is 13.6 Å². The Morgan fingerprint density at radius 2 is 2.11 bits per heavy atom. The van der Waals surface area contributed by atoms with E-state index in [2.05, 4.69) is 21.2 Å². The lowest BCUT2D eigenvalue weighted by molar-refractivity contribution is 0.0701. The molecule has 0 unspecified atom stereocenters. The van der Waals surface area contributed by atoms with E-state index < -0.39 is 17.6 Å². The number of carboxylic acid groups (broad SMARTS) is 1. The van der Waals surface area contributed by atoms with Gasteiger partial charge in [0.15, 0.2) is 0 Å². The molecule has 0 aliphatic carbocycles. The number of hydrogen-bond acceptors (Lipinski definition) is 3. The number of carbonyl (C=O) groups is 1. The minimum Gasteiger partial charge on any atom is -0.477 e. The minimum absolute atomic E-state index is 0.107. The Morgan fingerprint density at radius 3 is 2.79 bits per heavy atom. The number of carboxylic acids is 1. The molecule has 1 aromatic heterocycles. The maximum absolute atomic E-state index is 13.5. The van der Waals surface area contributed by atoms with E-state index in [1.807, 2.05) is 0 Å². The highest BCUT2D eigenvalue weighted by Crippen LogP contribution is 2.25. The van der Waals surface area contributed by atoms with E-state index in [-0.39, 0.29) is 21.6 Å². The number of thiophene rings is 1. The van der Waals surface area contributed by atoms with Gasteiger partial charge in [-0.05, 0) is 39.0 Å². The molecule has 0 amide bonds. The summed E-state index contributed by atoms with van der Waals surface area (Å²) in [6, 6.07) is 3.69. The zero-order chi connectivity index (χ0) is 14.0. The molecule has 0 fully saturated rings. The van der Waals surface area contributed by atoms with Gasteiger partial charge < -0.3 is 10.4 Å². The average Bonchev–Trinajstić information content (AvgIpc) is 2.80. The molecule has 1 aromatic carbocycles. The van der Waals surface area contributed by atoms with Crippen LogP contribution in [0.2, 0.25) is 0 Å². The van der Waals surface area contributed by atoms with Crippen molar-refractivity contribution in [2.24, 2.45) is 0 Å². The fraction of sp³-hybridized carbons (Fsp3) is 0.0833. The highest BCUT2D eigenvalue weighted by atomic mass is 79.9. The molecule has 0 radical (unpaired) electrons. The lowest BCUT2D eigenvalue weighted by atomic mass is 10.2. The van der Waals surface area contributed by atoms with Crippen LogP contribution in [0.3, 0.4) is 0 Å². The van der Waals surface area contributed by atoms with Crippen molar-refractivity contribution in [1.29, 1.82) is 0 Å². The molecule has 2 aromatic rings. The quantitative estimate of drug-likeness (QED) is 0.818. The summed E-state index contributed by atoms with van der Waals surface area (Å²) in [7, 11) is 0. The van der Waals surface area contributed by atoms with E-state index in [0.717, 1.165) is 17.4 Å². The second-order valence-corrected chi connectivity index (χ2v) is 5.45.